The zero-order valence-corrected chi connectivity index (χ0v) is 9.13. The van der Waals surface area contributed by atoms with Crippen molar-refractivity contribution < 1.29 is 4.79 Å². The Balaban J connectivity index is 2.22. The van der Waals surface area contributed by atoms with E-state index in [1.807, 2.05) is 11.8 Å². The van der Waals surface area contributed by atoms with Crippen LogP contribution in [0.2, 0.25) is 0 Å². The second-order valence-corrected chi connectivity index (χ2v) is 5.94. The molecular formula is C9H14OS2. The molecule has 1 nitrogen and oxygen atoms in total. The number of carbonyl (C=O) groups excluding carboxylic acids is 1. The maximum Gasteiger partial charge on any atom is 0.185 e. The lowest BCUT2D eigenvalue weighted by Gasteiger charge is -2.19. The van der Waals surface area contributed by atoms with Crippen molar-refractivity contribution >= 4 is 28.6 Å². The molecule has 1 unspecified atom stereocenters. The molecule has 0 aromatic rings. The van der Waals surface area contributed by atoms with E-state index in [1.54, 1.807) is 6.92 Å². The van der Waals surface area contributed by atoms with Crippen molar-refractivity contribution in [2.24, 2.45) is 0 Å². The van der Waals surface area contributed by atoms with Gasteiger partial charge in [0.15, 0.2) is 5.12 Å². The number of rotatable bonds is 3. The lowest BCUT2D eigenvalue weighted by molar-refractivity contribution is -0.109. The summed E-state index contributed by atoms with van der Waals surface area (Å²) >= 11 is 3.39. The summed E-state index contributed by atoms with van der Waals surface area (Å²) in [5, 5.41) is 0.227. The maximum absolute atomic E-state index is 10.7. The SMILES string of the molecule is CC(=O)SCCC1(C)C=CCS1. The van der Waals surface area contributed by atoms with E-state index in [4.69, 9.17) is 0 Å². The summed E-state index contributed by atoms with van der Waals surface area (Å²) in [7, 11) is 0. The molecule has 1 aliphatic rings. The summed E-state index contributed by atoms with van der Waals surface area (Å²) in [5.74, 6) is 2.07. The second-order valence-electron chi connectivity index (χ2n) is 3.12. The quantitative estimate of drug-likeness (QED) is 0.655. The second kappa shape index (κ2) is 4.38. The average molecular weight is 202 g/mol. The van der Waals surface area contributed by atoms with Gasteiger partial charge in [-0.3, -0.25) is 4.79 Å². The smallest absolute Gasteiger partial charge is 0.185 e. The minimum absolute atomic E-state index is 0.227. The number of hydrogen-bond donors (Lipinski definition) is 0. The molecule has 1 rings (SSSR count). The van der Waals surface area contributed by atoms with Crippen molar-refractivity contribution in [1.82, 2.24) is 0 Å². The molecule has 0 saturated heterocycles. The van der Waals surface area contributed by atoms with Crippen LogP contribution in [0.1, 0.15) is 20.3 Å². The van der Waals surface area contributed by atoms with Gasteiger partial charge in [0.2, 0.25) is 0 Å². The van der Waals surface area contributed by atoms with Crippen molar-refractivity contribution in [2.75, 3.05) is 11.5 Å². The largest absolute Gasteiger partial charge is 0.288 e. The molecule has 68 valence electrons. The van der Waals surface area contributed by atoms with Gasteiger partial charge in [0.25, 0.3) is 0 Å². The molecule has 0 spiro atoms. The number of thioether (sulfide) groups is 2. The summed E-state index contributed by atoms with van der Waals surface area (Å²) in [6.07, 6.45) is 5.57. The highest BCUT2D eigenvalue weighted by molar-refractivity contribution is 8.13. The maximum atomic E-state index is 10.7. The van der Waals surface area contributed by atoms with Gasteiger partial charge in [-0.2, -0.15) is 0 Å². The lowest BCUT2D eigenvalue weighted by Crippen LogP contribution is -2.15. The summed E-state index contributed by atoms with van der Waals surface area (Å²) < 4.78 is 0.294. The zero-order valence-electron chi connectivity index (χ0n) is 7.50. The van der Waals surface area contributed by atoms with E-state index < -0.39 is 0 Å². The van der Waals surface area contributed by atoms with E-state index in [0.29, 0.717) is 4.75 Å². The first-order valence-corrected chi connectivity index (χ1v) is 6.04. The predicted octanol–water partition coefficient (Wildman–Crippen LogP) is 2.72. The summed E-state index contributed by atoms with van der Waals surface area (Å²) in [6, 6.07) is 0. The fraction of sp³-hybridized carbons (Fsp3) is 0.667. The number of carbonyl (C=O) groups is 1. The van der Waals surface area contributed by atoms with Crippen molar-refractivity contribution in [1.29, 1.82) is 0 Å². The molecular weight excluding hydrogens is 188 g/mol. The van der Waals surface area contributed by atoms with Gasteiger partial charge in [0.05, 0.1) is 0 Å². The number of hydrogen-bond acceptors (Lipinski definition) is 3. The third-order valence-electron chi connectivity index (χ3n) is 1.88. The molecule has 0 aromatic heterocycles. The van der Waals surface area contributed by atoms with Crippen LogP contribution in [0.5, 0.6) is 0 Å². The molecule has 12 heavy (non-hydrogen) atoms. The van der Waals surface area contributed by atoms with E-state index in [-0.39, 0.29) is 5.12 Å². The molecule has 0 fully saturated rings. The van der Waals surface area contributed by atoms with Gasteiger partial charge < -0.3 is 0 Å². The fourth-order valence-corrected chi connectivity index (χ4v) is 3.09. The molecule has 0 N–H and O–H groups in total. The molecule has 0 aromatic carbocycles. The normalized spacial score (nSPS) is 27.8. The first kappa shape index (κ1) is 10.2. The first-order valence-electron chi connectivity index (χ1n) is 4.07. The van der Waals surface area contributed by atoms with Crippen LogP contribution in [0.25, 0.3) is 0 Å². The molecule has 0 saturated carbocycles. The van der Waals surface area contributed by atoms with E-state index >= 15 is 0 Å². The zero-order chi connectivity index (χ0) is 9.03. The van der Waals surface area contributed by atoms with E-state index in [2.05, 4.69) is 19.1 Å². The molecule has 1 aliphatic heterocycles. The van der Waals surface area contributed by atoms with Crippen molar-refractivity contribution in [2.45, 2.75) is 25.0 Å². The van der Waals surface area contributed by atoms with Gasteiger partial charge >= 0.3 is 0 Å². The Kier molecular flexibility index (Phi) is 3.72. The Morgan fingerprint density at radius 2 is 2.50 bits per heavy atom. The van der Waals surface area contributed by atoms with Crippen LogP contribution in [-0.4, -0.2) is 21.4 Å². The van der Waals surface area contributed by atoms with Crippen LogP contribution in [0, 0.1) is 0 Å². The molecule has 0 bridgehead atoms. The van der Waals surface area contributed by atoms with Gasteiger partial charge in [-0.25, -0.2) is 0 Å². The van der Waals surface area contributed by atoms with Crippen LogP contribution >= 0.6 is 23.5 Å². The highest BCUT2D eigenvalue weighted by Gasteiger charge is 2.23. The topological polar surface area (TPSA) is 17.1 Å². The fourth-order valence-electron chi connectivity index (χ4n) is 1.14. The molecule has 3 heteroatoms. The van der Waals surface area contributed by atoms with Crippen LogP contribution in [0.15, 0.2) is 12.2 Å². The van der Waals surface area contributed by atoms with Crippen molar-refractivity contribution in [3.05, 3.63) is 12.2 Å². The highest BCUT2D eigenvalue weighted by atomic mass is 32.2. The minimum atomic E-state index is 0.227. The van der Waals surface area contributed by atoms with Gasteiger partial charge in [0.1, 0.15) is 0 Å². The molecule has 0 radical (unpaired) electrons. The average Bonchev–Trinajstić information content (AvgIpc) is 2.35. The molecule has 1 atom stereocenters. The summed E-state index contributed by atoms with van der Waals surface area (Å²) in [5.41, 5.74) is 0. The van der Waals surface area contributed by atoms with Crippen molar-refractivity contribution in [3.8, 4) is 0 Å². The van der Waals surface area contributed by atoms with Crippen molar-refractivity contribution in [3.63, 3.8) is 0 Å². The van der Waals surface area contributed by atoms with Crippen LogP contribution in [0.4, 0.5) is 0 Å². The summed E-state index contributed by atoms with van der Waals surface area (Å²) in [4.78, 5) is 10.7. The highest BCUT2D eigenvalue weighted by Crippen LogP contribution is 2.35. The monoisotopic (exact) mass is 202 g/mol. The van der Waals surface area contributed by atoms with Gasteiger partial charge in [-0.1, -0.05) is 23.9 Å². The Morgan fingerprint density at radius 3 is 3.00 bits per heavy atom. The third kappa shape index (κ3) is 3.23. The van der Waals surface area contributed by atoms with Crippen LogP contribution in [0.3, 0.4) is 0 Å². The minimum Gasteiger partial charge on any atom is -0.288 e. The van der Waals surface area contributed by atoms with Gasteiger partial charge in [0, 0.05) is 23.2 Å². The molecule has 0 amide bonds. The Bertz CT molecular complexity index is 201. The van der Waals surface area contributed by atoms with Gasteiger partial charge in [-0.15, -0.1) is 11.8 Å². The molecule has 0 aliphatic carbocycles. The van der Waals surface area contributed by atoms with E-state index in [1.165, 1.54) is 11.8 Å². The van der Waals surface area contributed by atoms with Gasteiger partial charge in [-0.05, 0) is 13.3 Å². The Hall–Kier alpha value is 0.110. The predicted molar refractivity (Wildman–Crippen MR) is 57.8 cm³/mol. The van der Waals surface area contributed by atoms with Crippen LogP contribution < -0.4 is 0 Å². The van der Waals surface area contributed by atoms with Crippen LogP contribution in [-0.2, 0) is 4.79 Å². The first-order chi connectivity index (χ1) is 5.62. The lowest BCUT2D eigenvalue weighted by atomic mass is 10.1. The third-order valence-corrected chi connectivity index (χ3v) is 4.06. The summed E-state index contributed by atoms with van der Waals surface area (Å²) in [6.45, 7) is 3.87. The van der Waals surface area contributed by atoms with E-state index in [9.17, 15) is 4.79 Å². The van der Waals surface area contributed by atoms with E-state index in [0.717, 1.165) is 17.9 Å². The Labute approximate surface area is 82.4 Å². The molecule has 1 heterocycles. The Morgan fingerprint density at radius 1 is 1.75 bits per heavy atom. The standard InChI is InChI=1S/C9H14OS2/c1-8(10)11-7-5-9(2)4-3-6-12-9/h3-4H,5-7H2,1-2H3.